The predicted molar refractivity (Wildman–Crippen MR) is 79.4 cm³/mol. The van der Waals surface area contributed by atoms with Crippen molar-refractivity contribution >= 4 is 17.6 Å². The second kappa shape index (κ2) is 6.21. The number of carbonyl (C=O) groups excluding carboxylic acids is 2. The molecule has 1 aliphatic heterocycles. The first kappa shape index (κ1) is 14.6. The van der Waals surface area contributed by atoms with Crippen molar-refractivity contribution in [1.29, 1.82) is 0 Å². The number of hydrazine groups is 1. The SMILES string of the molecule is O=C(NNc1cccc(F)c1)C1CCCN1C(=O)NC1CC1. The molecule has 2 aliphatic rings. The number of hydrogen-bond acceptors (Lipinski definition) is 3. The van der Waals surface area contributed by atoms with Crippen LogP contribution in [0.25, 0.3) is 0 Å². The maximum Gasteiger partial charge on any atom is 0.318 e. The second-order valence-electron chi connectivity index (χ2n) is 5.70. The molecule has 1 aromatic rings. The van der Waals surface area contributed by atoms with Gasteiger partial charge in [0.1, 0.15) is 11.9 Å². The summed E-state index contributed by atoms with van der Waals surface area (Å²) >= 11 is 0. The third-order valence-corrected chi connectivity index (χ3v) is 3.88. The summed E-state index contributed by atoms with van der Waals surface area (Å²) in [7, 11) is 0. The third kappa shape index (κ3) is 3.47. The molecule has 1 aliphatic carbocycles. The fourth-order valence-corrected chi connectivity index (χ4v) is 2.55. The van der Waals surface area contributed by atoms with Crippen LogP contribution < -0.4 is 16.2 Å². The molecule has 3 rings (SSSR count). The van der Waals surface area contributed by atoms with E-state index in [9.17, 15) is 14.0 Å². The van der Waals surface area contributed by atoms with Crippen molar-refractivity contribution in [2.45, 2.75) is 37.8 Å². The number of urea groups is 1. The van der Waals surface area contributed by atoms with Crippen LogP contribution in [0.1, 0.15) is 25.7 Å². The third-order valence-electron chi connectivity index (χ3n) is 3.88. The molecule has 1 aromatic carbocycles. The normalized spacial score (nSPS) is 20.6. The Kier molecular flexibility index (Phi) is 4.13. The number of amides is 3. The monoisotopic (exact) mass is 306 g/mol. The predicted octanol–water partition coefficient (Wildman–Crippen LogP) is 1.61. The van der Waals surface area contributed by atoms with Crippen molar-refractivity contribution in [2.24, 2.45) is 0 Å². The largest absolute Gasteiger partial charge is 0.335 e. The Labute approximate surface area is 128 Å². The summed E-state index contributed by atoms with van der Waals surface area (Å²) in [6, 6.07) is 5.41. The van der Waals surface area contributed by atoms with Crippen molar-refractivity contribution in [3.05, 3.63) is 30.1 Å². The molecule has 0 spiro atoms. The first-order valence-electron chi connectivity index (χ1n) is 7.52. The number of likely N-dealkylation sites (tertiary alicyclic amines) is 1. The minimum Gasteiger partial charge on any atom is -0.335 e. The van der Waals surface area contributed by atoms with Gasteiger partial charge in [-0.3, -0.25) is 15.6 Å². The molecular weight excluding hydrogens is 287 g/mol. The van der Waals surface area contributed by atoms with E-state index in [2.05, 4.69) is 16.2 Å². The first-order chi connectivity index (χ1) is 10.6. The smallest absolute Gasteiger partial charge is 0.318 e. The Hall–Kier alpha value is -2.31. The van der Waals surface area contributed by atoms with Crippen LogP contribution in [-0.4, -0.2) is 35.5 Å². The zero-order chi connectivity index (χ0) is 15.5. The van der Waals surface area contributed by atoms with Crippen LogP contribution in [-0.2, 0) is 4.79 Å². The van der Waals surface area contributed by atoms with Gasteiger partial charge in [0.15, 0.2) is 0 Å². The molecule has 0 radical (unpaired) electrons. The number of carbonyl (C=O) groups is 2. The summed E-state index contributed by atoms with van der Waals surface area (Å²) < 4.78 is 13.1. The van der Waals surface area contributed by atoms with Crippen molar-refractivity contribution < 1.29 is 14.0 Å². The number of nitrogens with zero attached hydrogens (tertiary/aromatic N) is 1. The van der Waals surface area contributed by atoms with Gasteiger partial charge in [-0.2, -0.15) is 0 Å². The van der Waals surface area contributed by atoms with Crippen LogP contribution in [0, 0.1) is 5.82 Å². The van der Waals surface area contributed by atoms with Crippen molar-refractivity contribution in [2.75, 3.05) is 12.0 Å². The van der Waals surface area contributed by atoms with Crippen LogP contribution >= 0.6 is 0 Å². The van der Waals surface area contributed by atoms with E-state index in [1.165, 1.54) is 12.1 Å². The molecular formula is C15H19FN4O2. The van der Waals surface area contributed by atoms with Crippen molar-refractivity contribution in [3.8, 4) is 0 Å². The first-order valence-corrected chi connectivity index (χ1v) is 7.52. The Balaban J connectivity index is 1.55. The maximum absolute atomic E-state index is 13.1. The summed E-state index contributed by atoms with van der Waals surface area (Å²) in [6.07, 6.45) is 3.46. The highest BCUT2D eigenvalue weighted by Crippen LogP contribution is 2.22. The Morgan fingerprint density at radius 1 is 1.23 bits per heavy atom. The van der Waals surface area contributed by atoms with Crippen LogP contribution in [0.4, 0.5) is 14.9 Å². The van der Waals surface area contributed by atoms with E-state index in [4.69, 9.17) is 0 Å². The van der Waals surface area contributed by atoms with Gasteiger partial charge in [0, 0.05) is 12.6 Å². The summed E-state index contributed by atoms with van der Waals surface area (Å²) in [5.74, 6) is -0.668. The van der Waals surface area contributed by atoms with E-state index < -0.39 is 6.04 Å². The number of nitrogens with one attached hydrogen (secondary N) is 3. The fourth-order valence-electron chi connectivity index (χ4n) is 2.55. The van der Waals surface area contributed by atoms with E-state index >= 15 is 0 Å². The van der Waals surface area contributed by atoms with Crippen molar-refractivity contribution in [1.82, 2.24) is 15.6 Å². The highest BCUT2D eigenvalue weighted by atomic mass is 19.1. The second-order valence-corrected chi connectivity index (χ2v) is 5.70. The number of halogens is 1. The maximum atomic E-state index is 13.1. The Morgan fingerprint density at radius 2 is 2.05 bits per heavy atom. The average Bonchev–Trinajstić information content (AvgIpc) is 3.17. The standard InChI is InChI=1S/C15H19FN4O2/c16-10-3-1-4-12(9-10)18-19-14(21)13-5-2-8-20(13)15(22)17-11-6-7-11/h1,3-4,9,11,13,18H,2,5-8H2,(H,17,22)(H,19,21). The molecule has 1 heterocycles. The molecule has 1 atom stereocenters. The topological polar surface area (TPSA) is 73.5 Å². The zero-order valence-electron chi connectivity index (χ0n) is 12.1. The van der Waals surface area contributed by atoms with Crippen molar-refractivity contribution in [3.63, 3.8) is 0 Å². The van der Waals surface area contributed by atoms with Gasteiger partial charge in [0.05, 0.1) is 5.69 Å². The van der Waals surface area contributed by atoms with E-state index in [-0.39, 0.29) is 23.8 Å². The highest BCUT2D eigenvalue weighted by molar-refractivity contribution is 5.88. The lowest BCUT2D eigenvalue weighted by molar-refractivity contribution is -0.124. The highest BCUT2D eigenvalue weighted by Gasteiger charge is 2.36. The van der Waals surface area contributed by atoms with Gasteiger partial charge in [-0.05, 0) is 43.9 Å². The van der Waals surface area contributed by atoms with E-state index in [1.807, 2.05) is 0 Å². The molecule has 0 aromatic heterocycles. The summed E-state index contributed by atoms with van der Waals surface area (Å²) in [6.45, 7) is 0.580. The number of anilines is 1. The van der Waals surface area contributed by atoms with E-state index in [0.717, 1.165) is 19.3 Å². The Morgan fingerprint density at radius 3 is 2.77 bits per heavy atom. The molecule has 2 fully saturated rings. The van der Waals surface area contributed by atoms with Gasteiger partial charge in [-0.15, -0.1) is 0 Å². The molecule has 118 valence electrons. The lowest BCUT2D eigenvalue weighted by Gasteiger charge is -2.24. The molecule has 22 heavy (non-hydrogen) atoms. The Bertz CT molecular complexity index is 576. The van der Waals surface area contributed by atoms with Gasteiger partial charge in [0.25, 0.3) is 5.91 Å². The van der Waals surface area contributed by atoms with Gasteiger partial charge in [0.2, 0.25) is 0 Å². The van der Waals surface area contributed by atoms with E-state index in [1.54, 1.807) is 17.0 Å². The van der Waals surface area contributed by atoms with Gasteiger partial charge in [-0.25, -0.2) is 9.18 Å². The van der Waals surface area contributed by atoms with Gasteiger partial charge >= 0.3 is 6.03 Å². The van der Waals surface area contributed by atoms with Crippen LogP contribution in [0.2, 0.25) is 0 Å². The zero-order valence-corrected chi connectivity index (χ0v) is 12.1. The fraction of sp³-hybridized carbons (Fsp3) is 0.467. The molecule has 3 amide bonds. The average molecular weight is 306 g/mol. The molecule has 7 heteroatoms. The van der Waals surface area contributed by atoms with Crippen LogP contribution in [0.5, 0.6) is 0 Å². The molecule has 1 saturated carbocycles. The quantitative estimate of drug-likeness (QED) is 0.740. The minimum absolute atomic E-state index is 0.175. The summed E-state index contributed by atoms with van der Waals surface area (Å²) in [5.41, 5.74) is 5.68. The number of benzene rings is 1. The lowest BCUT2D eigenvalue weighted by Crippen LogP contribution is -2.50. The van der Waals surface area contributed by atoms with Crippen LogP contribution in [0.3, 0.4) is 0 Å². The van der Waals surface area contributed by atoms with Gasteiger partial charge < -0.3 is 10.2 Å². The number of rotatable bonds is 4. The van der Waals surface area contributed by atoms with Crippen LogP contribution in [0.15, 0.2) is 24.3 Å². The summed E-state index contributed by atoms with van der Waals surface area (Å²) in [4.78, 5) is 25.9. The number of hydrogen-bond donors (Lipinski definition) is 3. The molecule has 0 bridgehead atoms. The van der Waals surface area contributed by atoms with E-state index in [0.29, 0.717) is 18.7 Å². The minimum atomic E-state index is -0.486. The lowest BCUT2D eigenvalue weighted by atomic mass is 10.2. The molecule has 3 N–H and O–H groups in total. The molecule has 1 saturated heterocycles. The summed E-state index contributed by atoms with van der Waals surface area (Å²) in [5, 5.41) is 2.90. The molecule has 1 unspecified atom stereocenters. The molecule has 6 nitrogen and oxygen atoms in total. The van der Waals surface area contributed by atoms with Gasteiger partial charge in [-0.1, -0.05) is 6.07 Å².